The highest BCUT2D eigenvalue weighted by Gasteiger charge is 2.29. The molecule has 0 bridgehead atoms. The SMILES string of the molecule is CC(C)C(NC(=O)C(c1ccccc1)c1ccccc1)C(=O)N/N=C/c1cn(C)c2ccccc12. The first kappa shape index (κ1) is 24.0. The van der Waals surface area contributed by atoms with Gasteiger partial charge in [-0.1, -0.05) is 92.7 Å². The van der Waals surface area contributed by atoms with Crippen LogP contribution in [0.5, 0.6) is 0 Å². The van der Waals surface area contributed by atoms with Gasteiger partial charge < -0.3 is 9.88 Å². The van der Waals surface area contributed by atoms with E-state index in [0.717, 1.165) is 27.6 Å². The highest BCUT2D eigenvalue weighted by Crippen LogP contribution is 2.25. The van der Waals surface area contributed by atoms with Gasteiger partial charge in [0.25, 0.3) is 5.91 Å². The number of aromatic nitrogens is 1. The number of benzene rings is 3. The predicted molar refractivity (Wildman–Crippen MR) is 140 cm³/mol. The van der Waals surface area contributed by atoms with Crippen molar-refractivity contribution >= 4 is 28.9 Å². The predicted octanol–water partition coefficient (Wildman–Crippen LogP) is 4.60. The molecule has 0 fully saturated rings. The molecule has 4 aromatic rings. The monoisotopic (exact) mass is 466 g/mol. The van der Waals surface area contributed by atoms with Crippen molar-refractivity contribution in [2.75, 3.05) is 0 Å². The third-order valence-corrected chi connectivity index (χ3v) is 6.08. The number of hydrogen-bond donors (Lipinski definition) is 2. The van der Waals surface area contributed by atoms with Crippen molar-refractivity contribution in [3.63, 3.8) is 0 Å². The summed E-state index contributed by atoms with van der Waals surface area (Å²) in [6.07, 6.45) is 3.60. The number of para-hydroxylation sites is 1. The average Bonchev–Trinajstić information content (AvgIpc) is 3.19. The topological polar surface area (TPSA) is 75.5 Å². The molecule has 178 valence electrons. The van der Waals surface area contributed by atoms with Crippen molar-refractivity contribution in [2.24, 2.45) is 18.1 Å². The lowest BCUT2D eigenvalue weighted by atomic mass is 9.89. The quantitative estimate of drug-likeness (QED) is 0.294. The van der Waals surface area contributed by atoms with Crippen LogP contribution in [0.1, 0.15) is 36.5 Å². The Morgan fingerprint density at radius 1 is 0.829 bits per heavy atom. The van der Waals surface area contributed by atoms with E-state index in [1.165, 1.54) is 0 Å². The molecule has 0 saturated carbocycles. The number of hydrogen-bond acceptors (Lipinski definition) is 3. The molecular weight excluding hydrogens is 436 g/mol. The van der Waals surface area contributed by atoms with E-state index in [0.29, 0.717) is 0 Å². The van der Waals surface area contributed by atoms with Crippen LogP contribution >= 0.6 is 0 Å². The molecule has 4 rings (SSSR count). The van der Waals surface area contributed by atoms with E-state index in [4.69, 9.17) is 0 Å². The van der Waals surface area contributed by atoms with Crippen LogP contribution in [0.4, 0.5) is 0 Å². The minimum Gasteiger partial charge on any atom is -0.350 e. The van der Waals surface area contributed by atoms with Crippen molar-refractivity contribution in [3.05, 3.63) is 108 Å². The zero-order valence-corrected chi connectivity index (χ0v) is 20.2. The first-order valence-corrected chi connectivity index (χ1v) is 11.7. The van der Waals surface area contributed by atoms with E-state index < -0.39 is 12.0 Å². The molecule has 3 aromatic carbocycles. The van der Waals surface area contributed by atoms with Gasteiger partial charge in [-0.2, -0.15) is 5.10 Å². The summed E-state index contributed by atoms with van der Waals surface area (Å²) < 4.78 is 2.02. The Hall–Kier alpha value is -4.19. The molecule has 0 aliphatic heterocycles. The lowest BCUT2D eigenvalue weighted by Crippen LogP contribution is -2.50. The van der Waals surface area contributed by atoms with Crippen LogP contribution in [-0.4, -0.2) is 28.6 Å². The number of carbonyl (C=O) groups is 2. The van der Waals surface area contributed by atoms with Crippen LogP contribution in [0.2, 0.25) is 0 Å². The fourth-order valence-corrected chi connectivity index (χ4v) is 4.27. The number of amides is 2. The third-order valence-electron chi connectivity index (χ3n) is 6.08. The number of rotatable bonds is 8. The van der Waals surface area contributed by atoms with E-state index in [-0.39, 0.29) is 17.7 Å². The Bertz CT molecular complexity index is 1290. The van der Waals surface area contributed by atoms with E-state index in [1.54, 1.807) is 6.21 Å². The number of nitrogens with one attached hydrogen (secondary N) is 2. The smallest absolute Gasteiger partial charge is 0.262 e. The number of aryl methyl sites for hydroxylation is 1. The van der Waals surface area contributed by atoms with Gasteiger partial charge in [-0.05, 0) is 23.1 Å². The van der Waals surface area contributed by atoms with Crippen LogP contribution in [-0.2, 0) is 16.6 Å². The molecule has 1 unspecified atom stereocenters. The molecule has 0 spiro atoms. The van der Waals surface area contributed by atoms with Gasteiger partial charge in [0.05, 0.1) is 12.1 Å². The van der Waals surface area contributed by atoms with Gasteiger partial charge in [-0.15, -0.1) is 0 Å². The van der Waals surface area contributed by atoms with E-state index in [1.807, 2.05) is 117 Å². The Morgan fingerprint density at radius 2 is 1.40 bits per heavy atom. The summed E-state index contributed by atoms with van der Waals surface area (Å²) in [5, 5.41) is 8.21. The zero-order valence-electron chi connectivity index (χ0n) is 20.2. The second-order valence-corrected chi connectivity index (χ2v) is 8.93. The van der Waals surface area contributed by atoms with E-state index in [9.17, 15) is 9.59 Å². The molecular formula is C29H30N4O2. The maximum Gasteiger partial charge on any atom is 0.262 e. The van der Waals surface area contributed by atoms with Gasteiger partial charge in [-0.3, -0.25) is 9.59 Å². The number of carbonyl (C=O) groups excluding carboxylic acids is 2. The summed E-state index contributed by atoms with van der Waals surface area (Å²) in [5.41, 5.74) is 6.34. The molecule has 0 radical (unpaired) electrons. The highest BCUT2D eigenvalue weighted by atomic mass is 16.2. The fraction of sp³-hybridized carbons (Fsp3) is 0.207. The van der Waals surface area contributed by atoms with Crippen LogP contribution in [0.25, 0.3) is 10.9 Å². The Balaban J connectivity index is 1.51. The summed E-state index contributed by atoms with van der Waals surface area (Å²) >= 11 is 0. The van der Waals surface area contributed by atoms with Crippen LogP contribution in [0, 0.1) is 5.92 Å². The summed E-state index contributed by atoms with van der Waals surface area (Å²) in [7, 11) is 1.97. The van der Waals surface area contributed by atoms with E-state index in [2.05, 4.69) is 15.8 Å². The first-order chi connectivity index (χ1) is 17.0. The minimum absolute atomic E-state index is 0.126. The molecule has 2 amide bonds. The molecule has 1 aromatic heterocycles. The normalized spacial score (nSPS) is 12.4. The van der Waals surface area contributed by atoms with Crippen LogP contribution < -0.4 is 10.7 Å². The lowest BCUT2D eigenvalue weighted by molar-refractivity contribution is -0.130. The van der Waals surface area contributed by atoms with Crippen molar-refractivity contribution in [1.29, 1.82) is 0 Å². The molecule has 2 N–H and O–H groups in total. The van der Waals surface area contributed by atoms with E-state index >= 15 is 0 Å². The number of fused-ring (bicyclic) bond motifs is 1. The van der Waals surface area contributed by atoms with Gasteiger partial charge >= 0.3 is 0 Å². The van der Waals surface area contributed by atoms with Crippen LogP contribution in [0.15, 0.2) is 96.2 Å². The second-order valence-electron chi connectivity index (χ2n) is 8.93. The van der Waals surface area contributed by atoms with Crippen molar-refractivity contribution in [1.82, 2.24) is 15.3 Å². The second kappa shape index (κ2) is 10.8. The van der Waals surface area contributed by atoms with Crippen molar-refractivity contribution in [3.8, 4) is 0 Å². The molecule has 1 atom stereocenters. The fourth-order valence-electron chi connectivity index (χ4n) is 4.27. The maximum absolute atomic E-state index is 13.5. The Kier molecular flexibility index (Phi) is 7.41. The summed E-state index contributed by atoms with van der Waals surface area (Å²) in [5.74, 6) is -1.23. The Morgan fingerprint density at radius 3 is 2.00 bits per heavy atom. The van der Waals surface area contributed by atoms with Gasteiger partial charge in [-0.25, -0.2) is 5.43 Å². The molecule has 0 aliphatic rings. The maximum atomic E-state index is 13.5. The molecule has 35 heavy (non-hydrogen) atoms. The lowest BCUT2D eigenvalue weighted by Gasteiger charge is -2.24. The molecule has 6 nitrogen and oxygen atoms in total. The number of nitrogens with zero attached hydrogens (tertiary/aromatic N) is 2. The largest absolute Gasteiger partial charge is 0.350 e. The molecule has 1 heterocycles. The van der Waals surface area contributed by atoms with Gasteiger partial charge in [0.1, 0.15) is 6.04 Å². The van der Waals surface area contributed by atoms with Gasteiger partial charge in [0, 0.05) is 29.7 Å². The Labute approximate surface area is 205 Å². The average molecular weight is 467 g/mol. The van der Waals surface area contributed by atoms with Gasteiger partial charge in [0.2, 0.25) is 5.91 Å². The zero-order chi connectivity index (χ0) is 24.8. The highest BCUT2D eigenvalue weighted by molar-refractivity contribution is 6.00. The summed E-state index contributed by atoms with van der Waals surface area (Å²) in [6, 6.07) is 26.5. The van der Waals surface area contributed by atoms with Crippen molar-refractivity contribution < 1.29 is 9.59 Å². The molecule has 0 saturated heterocycles. The minimum atomic E-state index is -0.734. The van der Waals surface area contributed by atoms with Crippen molar-refractivity contribution in [2.45, 2.75) is 25.8 Å². The first-order valence-electron chi connectivity index (χ1n) is 11.7. The van der Waals surface area contributed by atoms with Crippen LogP contribution in [0.3, 0.4) is 0 Å². The van der Waals surface area contributed by atoms with Gasteiger partial charge in [0.15, 0.2) is 0 Å². The summed E-state index contributed by atoms with van der Waals surface area (Å²) in [6.45, 7) is 3.80. The third kappa shape index (κ3) is 5.49. The molecule has 6 heteroatoms. The standard InChI is InChI=1S/C29H30N4O2/c1-20(2)27(29(35)32-30-18-23-19-33(3)25-17-11-10-16-24(23)25)31-28(34)26(21-12-6-4-7-13-21)22-14-8-5-9-15-22/h4-20,26-27H,1-3H3,(H,31,34)(H,32,35)/b30-18+. The summed E-state index contributed by atoms with van der Waals surface area (Å²) in [4.78, 5) is 26.5. The molecule has 0 aliphatic carbocycles. The number of hydrazone groups is 1.